The molecule has 5 rings (SSSR count). The molecule has 2 saturated heterocycles. The average molecular weight is 466 g/mol. The third-order valence-electron chi connectivity index (χ3n) is 6.38. The Morgan fingerprint density at radius 2 is 1.88 bits per heavy atom. The van der Waals surface area contributed by atoms with Gasteiger partial charge < -0.3 is 15.4 Å². The summed E-state index contributed by atoms with van der Waals surface area (Å²) >= 11 is 1.56. The number of rotatable bonds is 5. The number of para-hydroxylation sites is 1. The number of carbonyl (C=O) groups excluding carboxylic acids is 3. The van der Waals surface area contributed by atoms with E-state index in [4.69, 9.17) is 4.74 Å². The first-order valence-corrected chi connectivity index (χ1v) is 12.0. The maximum atomic E-state index is 13.9. The van der Waals surface area contributed by atoms with Crippen LogP contribution in [-0.2, 0) is 25.7 Å². The lowest BCUT2D eigenvalue weighted by atomic mass is 9.74. The van der Waals surface area contributed by atoms with Gasteiger partial charge in [0.15, 0.2) is 0 Å². The monoisotopic (exact) mass is 465 g/mol. The Morgan fingerprint density at radius 3 is 2.55 bits per heavy atom. The highest BCUT2D eigenvalue weighted by Gasteiger charge is 2.73. The third kappa shape index (κ3) is 3.57. The van der Waals surface area contributed by atoms with E-state index in [1.807, 2.05) is 68.6 Å². The number of hydrogen-bond acceptors (Lipinski definition) is 5. The fourth-order valence-corrected chi connectivity index (χ4v) is 5.83. The number of fused-ring (bicyclic) bond motifs is 1. The molecule has 2 N–H and O–H groups in total. The van der Waals surface area contributed by atoms with Gasteiger partial charge in [-0.1, -0.05) is 36.4 Å². The van der Waals surface area contributed by atoms with Crippen molar-refractivity contribution in [2.75, 3.05) is 4.90 Å². The molecular weight excluding hydrogens is 438 g/mol. The molecule has 2 aromatic rings. The lowest BCUT2D eigenvalue weighted by molar-refractivity contribution is -0.132. The molecule has 33 heavy (non-hydrogen) atoms. The molecule has 7 nitrogen and oxygen atoms in total. The molecule has 4 heterocycles. The van der Waals surface area contributed by atoms with E-state index in [0.29, 0.717) is 12.2 Å². The summed E-state index contributed by atoms with van der Waals surface area (Å²) in [5.41, 5.74) is -1.06. The Bertz CT molecular complexity index is 1110. The van der Waals surface area contributed by atoms with Crippen molar-refractivity contribution >= 4 is 34.7 Å². The molecule has 172 valence electrons. The Morgan fingerprint density at radius 1 is 1.12 bits per heavy atom. The molecule has 5 atom stereocenters. The molecule has 8 heteroatoms. The third-order valence-corrected chi connectivity index (χ3v) is 7.25. The van der Waals surface area contributed by atoms with E-state index >= 15 is 0 Å². The van der Waals surface area contributed by atoms with Gasteiger partial charge in [0.25, 0.3) is 0 Å². The highest BCUT2D eigenvalue weighted by molar-refractivity contribution is 7.09. The van der Waals surface area contributed by atoms with Crippen molar-refractivity contribution in [3.8, 4) is 0 Å². The maximum Gasteiger partial charge on any atom is 0.246 e. The van der Waals surface area contributed by atoms with Gasteiger partial charge in [-0.25, -0.2) is 0 Å². The van der Waals surface area contributed by atoms with Crippen LogP contribution < -0.4 is 15.5 Å². The van der Waals surface area contributed by atoms with Crippen LogP contribution in [0.3, 0.4) is 0 Å². The Hall–Kier alpha value is -2.97. The van der Waals surface area contributed by atoms with Crippen LogP contribution in [0.25, 0.3) is 0 Å². The van der Waals surface area contributed by atoms with Crippen molar-refractivity contribution in [1.82, 2.24) is 10.6 Å². The molecule has 3 aliphatic heterocycles. The summed E-state index contributed by atoms with van der Waals surface area (Å²) in [6, 6.07) is 12.1. The summed E-state index contributed by atoms with van der Waals surface area (Å²) < 4.78 is 6.33. The van der Waals surface area contributed by atoms with Crippen LogP contribution >= 0.6 is 11.3 Å². The number of ether oxygens (including phenoxy) is 1. The summed E-state index contributed by atoms with van der Waals surface area (Å²) in [7, 11) is 0. The van der Waals surface area contributed by atoms with Crippen LogP contribution in [0.5, 0.6) is 0 Å². The number of nitrogens with one attached hydrogen (secondary N) is 2. The molecule has 1 aromatic carbocycles. The first-order chi connectivity index (χ1) is 15.7. The Balaban J connectivity index is 1.51. The predicted octanol–water partition coefficient (Wildman–Crippen LogP) is 2.63. The Kier molecular flexibility index (Phi) is 5.17. The summed E-state index contributed by atoms with van der Waals surface area (Å²) in [4.78, 5) is 43.2. The molecule has 3 amide bonds. The smallest absolute Gasteiger partial charge is 0.246 e. The van der Waals surface area contributed by atoms with Crippen molar-refractivity contribution in [2.45, 2.75) is 50.6 Å². The number of hydrogen-bond donors (Lipinski definition) is 2. The quantitative estimate of drug-likeness (QED) is 0.665. The van der Waals surface area contributed by atoms with Crippen LogP contribution in [-0.4, -0.2) is 41.0 Å². The normalized spacial score (nSPS) is 29.9. The zero-order valence-corrected chi connectivity index (χ0v) is 19.6. The van der Waals surface area contributed by atoms with Gasteiger partial charge in [-0.3, -0.25) is 19.3 Å². The lowest BCUT2D eigenvalue weighted by Crippen LogP contribution is -2.58. The molecule has 2 bridgehead atoms. The van der Waals surface area contributed by atoms with Crippen LogP contribution in [0, 0.1) is 11.8 Å². The van der Waals surface area contributed by atoms with E-state index in [-0.39, 0.29) is 17.7 Å². The highest BCUT2D eigenvalue weighted by atomic mass is 32.1. The van der Waals surface area contributed by atoms with Crippen molar-refractivity contribution < 1.29 is 19.1 Å². The first kappa shape index (κ1) is 21.9. The van der Waals surface area contributed by atoms with Gasteiger partial charge in [0, 0.05) is 16.1 Å². The van der Waals surface area contributed by atoms with Crippen molar-refractivity contribution in [3.63, 3.8) is 0 Å². The SMILES string of the molecule is CC(C)(C)NC(=O)[C@@H]1N(c2ccccc2)C(=O)[C@@H]2[C@@H](C(=O)NCc3cccs3)[C@H]3C=C[C@]21O3. The van der Waals surface area contributed by atoms with E-state index in [9.17, 15) is 14.4 Å². The number of carbonyl (C=O) groups is 3. The van der Waals surface area contributed by atoms with Gasteiger partial charge in [-0.05, 0) is 44.4 Å². The maximum absolute atomic E-state index is 13.9. The second-order valence-electron chi connectivity index (χ2n) is 9.78. The number of anilines is 1. The molecular formula is C25H27N3O4S. The predicted molar refractivity (Wildman–Crippen MR) is 126 cm³/mol. The summed E-state index contributed by atoms with van der Waals surface area (Å²) in [6.07, 6.45) is 3.11. The molecule has 3 aliphatic rings. The van der Waals surface area contributed by atoms with Gasteiger partial charge in [-0.15, -0.1) is 11.3 Å². The van der Waals surface area contributed by atoms with E-state index < -0.39 is 35.1 Å². The first-order valence-electron chi connectivity index (χ1n) is 11.1. The standard InChI is InChI=1S/C25H27N3O4S/c1-24(2,3)27-22(30)20-25-12-11-17(32-25)18(21(29)26-14-16-10-7-13-33-16)19(25)23(31)28(20)15-8-5-4-6-9-15/h4-13,17-20H,14H2,1-3H3,(H,26,29)(H,27,30)/t17-,18+,19+,20+,25+/m1/s1. The summed E-state index contributed by atoms with van der Waals surface area (Å²) in [5, 5.41) is 7.93. The highest BCUT2D eigenvalue weighted by Crippen LogP contribution is 2.55. The number of nitrogens with zero attached hydrogens (tertiary/aromatic N) is 1. The van der Waals surface area contributed by atoms with Gasteiger partial charge >= 0.3 is 0 Å². The lowest BCUT2D eigenvalue weighted by Gasteiger charge is -2.34. The van der Waals surface area contributed by atoms with Gasteiger partial charge in [0.05, 0.1) is 24.5 Å². The van der Waals surface area contributed by atoms with Gasteiger partial charge in [-0.2, -0.15) is 0 Å². The second-order valence-corrected chi connectivity index (χ2v) is 10.8. The van der Waals surface area contributed by atoms with Gasteiger partial charge in [0.1, 0.15) is 11.6 Å². The van der Waals surface area contributed by atoms with Crippen molar-refractivity contribution in [3.05, 3.63) is 64.9 Å². The molecule has 0 radical (unpaired) electrons. The number of amides is 3. The van der Waals surface area contributed by atoms with Crippen molar-refractivity contribution in [2.24, 2.45) is 11.8 Å². The molecule has 1 aromatic heterocycles. The minimum atomic E-state index is -1.18. The number of thiophene rings is 1. The minimum absolute atomic E-state index is 0.233. The second kappa shape index (κ2) is 7.81. The topological polar surface area (TPSA) is 87.7 Å². The van der Waals surface area contributed by atoms with Crippen molar-refractivity contribution in [1.29, 1.82) is 0 Å². The zero-order chi connectivity index (χ0) is 23.4. The van der Waals surface area contributed by atoms with E-state index in [0.717, 1.165) is 4.88 Å². The van der Waals surface area contributed by atoms with Crippen LogP contribution in [0.4, 0.5) is 5.69 Å². The fraction of sp³-hybridized carbons (Fsp3) is 0.400. The van der Waals surface area contributed by atoms with E-state index in [1.165, 1.54) is 4.90 Å². The van der Waals surface area contributed by atoms with Gasteiger partial charge in [0.2, 0.25) is 17.7 Å². The molecule has 0 saturated carbocycles. The molecule has 0 aliphatic carbocycles. The summed E-state index contributed by atoms with van der Waals surface area (Å²) in [5.74, 6) is -2.26. The number of benzene rings is 1. The molecule has 0 unspecified atom stereocenters. The molecule has 1 spiro atoms. The van der Waals surface area contributed by atoms with Crippen LogP contribution in [0.2, 0.25) is 0 Å². The molecule has 2 fully saturated rings. The fourth-order valence-electron chi connectivity index (χ4n) is 5.18. The minimum Gasteiger partial charge on any atom is -0.359 e. The van der Waals surface area contributed by atoms with Crippen LogP contribution in [0.15, 0.2) is 60.0 Å². The van der Waals surface area contributed by atoms with E-state index in [1.54, 1.807) is 23.5 Å². The largest absolute Gasteiger partial charge is 0.359 e. The summed E-state index contributed by atoms with van der Waals surface area (Å²) in [6.45, 7) is 6.08. The zero-order valence-electron chi connectivity index (χ0n) is 18.8. The van der Waals surface area contributed by atoms with Crippen LogP contribution in [0.1, 0.15) is 25.6 Å². The van der Waals surface area contributed by atoms with E-state index in [2.05, 4.69) is 10.6 Å². The average Bonchev–Trinajstić information content (AvgIpc) is 3.53. The Labute approximate surface area is 196 Å².